The lowest BCUT2D eigenvalue weighted by Crippen LogP contribution is -2.57. The maximum Gasteiger partial charge on any atom is 0.205 e. The number of Topliss-reactive ketones (excluding diaryl/α,β-unsaturated/α-hetero) is 3. The Morgan fingerprint density at radius 1 is 1.25 bits per heavy atom. The molecule has 1 fully saturated rings. The van der Waals surface area contributed by atoms with Gasteiger partial charge in [0.05, 0.1) is 5.41 Å². The molecule has 4 nitrogen and oxygen atoms in total. The molecule has 106 valence electrons. The van der Waals surface area contributed by atoms with E-state index in [1.807, 2.05) is 19.1 Å². The average molecular weight is 274 g/mol. The van der Waals surface area contributed by atoms with Crippen LogP contribution in [-0.2, 0) is 14.4 Å². The Balaban J connectivity index is 2.24. The lowest BCUT2D eigenvalue weighted by Gasteiger charge is -2.51. The van der Waals surface area contributed by atoms with Gasteiger partial charge in [0.2, 0.25) is 5.78 Å². The fourth-order valence-corrected chi connectivity index (χ4v) is 4.22. The maximum atomic E-state index is 12.7. The third-order valence-electron chi connectivity index (χ3n) is 5.26. The highest BCUT2D eigenvalue weighted by Gasteiger charge is 2.61. The number of ketones is 3. The van der Waals surface area contributed by atoms with E-state index in [9.17, 15) is 19.5 Å². The van der Waals surface area contributed by atoms with E-state index in [1.165, 1.54) is 6.92 Å². The normalized spacial score (nSPS) is 40.7. The van der Waals surface area contributed by atoms with Gasteiger partial charge in [-0.15, -0.1) is 0 Å². The number of allylic oxidation sites excluding steroid dienone is 4. The topological polar surface area (TPSA) is 71.4 Å². The maximum absolute atomic E-state index is 12.7. The second-order valence-electron chi connectivity index (χ2n) is 6.29. The molecule has 4 heteroatoms. The average Bonchev–Trinajstić information content (AvgIpc) is 2.42. The molecule has 1 spiro atoms. The van der Waals surface area contributed by atoms with Crippen LogP contribution in [-0.4, -0.2) is 22.5 Å². The fraction of sp³-hybridized carbons (Fsp3) is 0.562. The summed E-state index contributed by atoms with van der Waals surface area (Å²) in [7, 11) is 0. The summed E-state index contributed by atoms with van der Waals surface area (Å²) >= 11 is 0. The van der Waals surface area contributed by atoms with Gasteiger partial charge in [0.25, 0.3) is 0 Å². The number of aliphatic hydroxyl groups is 1. The van der Waals surface area contributed by atoms with Crippen molar-refractivity contribution < 1.29 is 19.5 Å². The zero-order valence-corrected chi connectivity index (χ0v) is 11.7. The van der Waals surface area contributed by atoms with Crippen LogP contribution >= 0.6 is 0 Å². The minimum absolute atomic E-state index is 0.0160. The van der Waals surface area contributed by atoms with Gasteiger partial charge >= 0.3 is 0 Å². The van der Waals surface area contributed by atoms with Crippen molar-refractivity contribution in [1.82, 2.24) is 0 Å². The molecule has 1 saturated carbocycles. The summed E-state index contributed by atoms with van der Waals surface area (Å²) in [5.74, 6) is -1.72. The first kappa shape index (κ1) is 13.3. The molecular formula is C16H18O4. The van der Waals surface area contributed by atoms with E-state index in [4.69, 9.17) is 0 Å². The van der Waals surface area contributed by atoms with Crippen molar-refractivity contribution in [2.24, 2.45) is 23.2 Å². The molecule has 0 aliphatic heterocycles. The van der Waals surface area contributed by atoms with Crippen molar-refractivity contribution in [2.45, 2.75) is 33.1 Å². The minimum atomic E-state index is -1.04. The molecule has 0 aromatic carbocycles. The van der Waals surface area contributed by atoms with E-state index >= 15 is 0 Å². The Morgan fingerprint density at radius 3 is 2.65 bits per heavy atom. The summed E-state index contributed by atoms with van der Waals surface area (Å²) in [6.45, 7) is 3.40. The first-order valence-electron chi connectivity index (χ1n) is 7.08. The molecule has 0 heterocycles. The number of hydrogen-bond acceptors (Lipinski definition) is 4. The summed E-state index contributed by atoms with van der Waals surface area (Å²) in [4.78, 5) is 37.2. The molecule has 0 saturated heterocycles. The van der Waals surface area contributed by atoms with Gasteiger partial charge < -0.3 is 5.11 Å². The number of hydrogen-bond donors (Lipinski definition) is 1. The lowest BCUT2D eigenvalue weighted by atomic mass is 9.49. The van der Waals surface area contributed by atoms with Gasteiger partial charge in [-0.1, -0.05) is 19.1 Å². The van der Waals surface area contributed by atoms with E-state index in [0.29, 0.717) is 12.8 Å². The molecule has 3 aliphatic carbocycles. The molecule has 0 aromatic heterocycles. The monoisotopic (exact) mass is 274 g/mol. The summed E-state index contributed by atoms with van der Waals surface area (Å²) in [6.07, 6.45) is 5.06. The fourth-order valence-electron chi connectivity index (χ4n) is 4.22. The van der Waals surface area contributed by atoms with Crippen molar-refractivity contribution in [3.05, 3.63) is 23.5 Å². The smallest absolute Gasteiger partial charge is 0.205 e. The van der Waals surface area contributed by atoms with Crippen molar-refractivity contribution >= 4 is 17.3 Å². The van der Waals surface area contributed by atoms with Crippen LogP contribution in [0.25, 0.3) is 0 Å². The van der Waals surface area contributed by atoms with Crippen LogP contribution in [0, 0.1) is 23.2 Å². The highest BCUT2D eigenvalue weighted by atomic mass is 16.3. The third-order valence-corrected chi connectivity index (χ3v) is 5.26. The SMILES string of the molecule is CC1=C(O)C(=O)C23CC(=O)CCC2C=CC(C)C3C1=O. The molecule has 3 aliphatic rings. The Morgan fingerprint density at radius 2 is 1.95 bits per heavy atom. The molecule has 0 aromatic rings. The van der Waals surface area contributed by atoms with Crippen LogP contribution in [0.3, 0.4) is 0 Å². The van der Waals surface area contributed by atoms with Crippen LogP contribution in [0.4, 0.5) is 0 Å². The van der Waals surface area contributed by atoms with Gasteiger partial charge in [0.15, 0.2) is 11.5 Å². The third kappa shape index (κ3) is 1.45. The van der Waals surface area contributed by atoms with E-state index in [2.05, 4.69) is 0 Å². The van der Waals surface area contributed by atoms with E-state index in [0.717, 1.165) is 0 Å². The largest absolute Gasteiger partial charge is 0.504 e. The van der Waals surface area contributed by atoms with E-state index < -0.39 is 22.9 Å². The van der Waals surface area contributed by atoms with Crippen LogP contribution < -0.4 is 0 Å². The highest BCUT2D eigenvalue weighted by Crippen LogP contribution is 2.56. The summed E-state index contributed by atoms with van der Waals surface area (Å²) in [6, 6.07) is 0. The van der Waals surface area contributed by atoms with Gasteiger partial charge in [0.1, 0.15) is 5.78 Å². The van der Waals surface area contributed by atoms with Gasteiger partial charge in [-0.3, -0.25) is 14.4 Å². The van der Waals surface area contributed by atoms with Crippen molar-refractivity contribution in [1.29, 1.82) is 0 Å². The predicted molar refractivity (Wildman–Crippen MR) is 71.9 cm³/mol. The van der Waals surface area contributed by atoms with Crippen LogP contribution in [0.5, 0.6) is 0 Å². The summed E-state index contributed by atoms with van der Waals surface area (Å²) in [5.41, 5.74) is -0.894. The van der Waals surface area contributed by atoms with Gasteiger partial charge in [0, 0.05) is 24.3 Å². The van der Waals surface area contributed by atoms with Crippen molar-refractivity contribution in [3.63, 3.8) is 0 Å². The van der Waals surface area contributed by atoms with Crippen molar-refractivity contribution in [3.8, 4) is 0 Å². The second kappa shape index (κ2) is 4.14. The second-order valence-corrected chi connectivity index (χ2v) is 6.29. The van der Waals surface area contributed by atoms with E-state index in [1.54, 1.807) is 0 Å². The Bertz CT molecular complexity index is 583. The molecule has 3 rings (SSSR count). The molecule has 1 N–H and O–H groups in total. The zero-order valence-electron chi connectivity index (χ0n) is 11.7. The van der Waals surface area contributed by atoms with Crippen molar-refractivity contribution in [2.75, 3.05) is 0 Å². The van der Waals surface area contributed by atoms with Gasteiger partial charge in [-0.25, -0.2) is 0 Å². The first-order chi connectivity index (χ1) is 9.39. The van der Waals surface area contributed by atoms with E-state index in [-0.39, 0.29) is 35.4 Å². The Labute approximate surface area is 117 Å². The summed E-state index contributed by atoms with van der Waals surface area (Å²) in [5, 5.41) is 10.0. The standard InChI is InChI=1S/C16H18O4/c1-8-3-4-10-5-6-11(17)7-16(10)12(8)13(18)9(2)14(19)15(16)20/h3-4,8,10,12,19H,5-7H2,1-2H3. The minimum Gasteiger partial charge on any atom is -0.504 e. The van der Waals surface area contributed by atoms with Crippen LogP contribution in [0.2, 0.25) is 0 Å². The Hall–Kier alpha value is -1.71. The number of rotatable bonds is 0. The molecular weight excluding hydrogens is 256 g/mol. The van der Waals surface area contributed by atoms with Gasteiger partial charge in [-0.2, -0.15) is 0 Å². The predicted octanol–water partition coefficient (Wildman–Crippen LogP) is 2.15. The molecule has 4 unspecified atom stereocenters. The molecule has 0 radical (unpaired) electrons. The molecule has 4 atom stereocenters. The van der Waals surface area contributed by atoms with Crippen LogP contribution in [0.1, 0.15) is 33.1 Å². The molecule has 0 bridgehead atoms. The lowest BCUT2D eigenvalue weighted by molar-refractivity contribution is -0.152. The van der Waals surface area contributed by atoms with Gasteiger partial charge in [-0.05, 0) is 25.2 Å². The highest BCUT2D eigenvalue weighted by molar-refractivity contribution is 6.16. The zero-order chi connectivity index (χ0) is 14.7. The van der Waals surface area contributed by atoms with Crippen LogP contribution in [0.15, 0.2) is 23.5 Å². The Kier molecular flexibility index (Phi) is 2.75. The molecule has 0 amide bonds. The molecule has 20 heavy (non-hydrogen) atoms. The number of carbonyl (C=O) groups is 3. The number of aliphatic hydroxyl groups excluding tert-OH is 1. The first-order valence-corrected chi connectivity index (χ1v) is 7.08. The number of carbonyl (C=O) groups excluding carboxylic acids is 3. The summed E-state index contributed by atoms with van der Waals surface area (Å²) < 4.78 is 0. The quantitative estimate of drug-likeness (QED) is 0.687.